The van der Waals surface area contributed by atoms with E-state index in [4.69, 9.17) is 4.74 Å². The van der Waals surface area contributed by atoms with E-state index in [1.165, 1.54) is 0 Å². The van der Waals surface area contributed by atoms with E-state index in [-0.39, 0.29) is 25.2 Å². The minimum absolute atomic E-state index is 0.120. The van der Waals surface area contributed by atoms with Crippen molar-refractivity contribution in [1.29, 1.82) is 0 Å². The van der Waals surface area contributed by atoms with Gasteiger partial charge in [0, 0.05) is 45.3 Å². The van der Waals surface area contributed by atoms with Crippen molar-refractivity contribution in [2.75, 3.05) is 39.3 Å². The molecule has 2 fully saturated rings. The van der Waals surface area contributed by atoms with Gasteiger partial charge in [0.25, 0.3) is 0 Å². The van der Waals surface area contributed by atoms with Gasteiger partial charge in [0.1, 0.15) is 5.60 Å². The number of ether oxygens (including phenoxy) is 1. The molecule has 2 rings (SSSR count). The number of alkyl halides is 3. The lowest BCUT2D eigenvalue weighted by molar-refractivity contribution is -0.186. The maximum atomic E-state index is 12.5. The van der Waals surface area contributed by atoms with Crippen molar-refractivity contribution >= 4 is 12.0 Å². The van der Waals surface area contributed by atoms with Crippen LogP contribution in [0.15, 0.2) is 0 Å². The number of hydrogen-bond donors (Lipinski definition) is 0. The minimum atomic E-state index is -4.80. The smallest absolute Gasteiger partial charge is 0.444 e. The molecule has 0 aliphatic carbocycles. The molecule has 9 heteroatoms. The minimum Gasteiger partial charge on any atom is -0.444 e. The molecule has 0 atom stereocenters. The molecule has 0 aromatic heterocycles. The Bertz CT molecular complexity index is 489. The molecule has 2 amide bonds. The van der Waals surface area contributed by atoms with Gasteiger partial charge in [-0.3, -0.25) is 9.69 Å². The van der Waals surface area contributed by atoms with Gasteiger partial charge in [-0.15, -0.1) is 0 Å². The molecular weight excluding hydrogens is 339 g/mol. The zero-order valence-corrected chi connectivity index (χ0v) is 14.9. The summed E-state index contributed by atoms with van der Waals surface area (Å²) in [5, 5.41) is 0. The van der Waals surface area contributed by atoms with E-state index in [2.05, 4.69) is 4.90 Å². The summed E-state index contributed by atoms with van der Waals surface area (Å²) >= 11 is 0. The Labute approximate surface area is 145 Å². The van der Waals surface area contributed by atoms with Crippen LogP contribution in [-0.4, -0.2) is 83.8 Å². The van der Waals surface area contributed by atoms with Crippen LogP contribution in [0.5, 0.6) is 0 Å². The highest BCUT2D eigenvalue weighted by Crippen LogP contribution is 2.24. The number of nitrogens with zero attached hydrogens (tertiary/aromatic N) is 3. The summed E-state index contributed by atoms with van der Waals surface area (Å²) in [5.74, 6) is -1.75. The normalized spacial score (nSPS) is 21.4. The molecule has 144 valence electrons. The van der Waals surface area contributed by atoms with E-state index >= 15 is 0 Å². The lowest BCUT2D eigenvalue weighted by Crippen LogP contribution is -2.56. The predicted octanol–water partition coefficient (Wildman–Crippen LogP) is 2.09. The summed E-state index contributed by atoms with van der Waals surface area (Å²) in [6.45, 7) is 8.09. The zero-order valence-electron chi connectivity index (χ0n) is 14.9. The van der Waals surface area contributed by atoms with Crippen LogP contribution in [0.1, 0.15) is 33.6 Å². The Morgan fingerprint density at radius 1 is 0.880 bits per heavy atom. The van der Waals surface area contributed by atoms with Gasteiger partial charge in [0.15, 0.2) is 0 Å². The van der Waals surface area contributed by atoms with Crippen LogP contribution in [0.4, 0.5) is 18.0 Å². The average Bonchev–Trinajstić information content (AvgIpc) is 2.52. The molecule has 0 aromatic rings. The highest BCUT2D eigenvalue weighted by molar-refractivity contribution is 5.81. The SMILES string of the molecule is CC(C)(C)OC(=O)N1CCN(C2CCN(C(=O)C(F)(F)F)CC2)CC1. The second-order valence-electron chi connectivity index (χ2n) is 7.52. The number of amides is 2. The first-order chi connectivity index (χ1) is 11.5. The van der Waals surface area contributed by atoms with E-state index in [1.54, 1.807) is 4.90 Å². The number of likely N-dealkylation sites (tertiary alicyclic amines) is 1. The Hall–Kier alpha value is -1.51. The second-order valence-corrected chi connectivity index (χ2v) is 7.52. The topological polar surface area (TPSA) is 53.1 Å². The summed E-state index contributed by atoms with van der Waals surface area (Å²) in [6, 6.07) is 0.151. The summed E-state index contributed by atoms with van der Waals surface area (Å²) in [7, 11) is 0. The van der Waals surface area contributed by atoms with E-state index < -0.39 is 17.7 Å². The fourth-order valence-corrected chi connectivity index (χ4v) is 3.21. The van der Waals surface area contributed by atoms with Crippen LogP contribution in [0.2, 0.25) is 0 Å². The molecule has 6 nitrogen and oxygen atoms in total. The van der Waals surface area contributed by atoms with Crippen molar-refractivity contribution in [3.63, 3.8) is 0 Å². The lowest BCUT2D eigenvalue weighted by atomic mass is 10.0. The summed E-state index contributed by atoms with van der Waals surface area (Å²) in [4.78, 5) is 28.0. The first-order valence-corrected chi connectivity index (χ1v) is 8.55. The second kappa shape index (κ2) is 7.39. The molecule has 0 spiro atoms. The van der Waals surface area contributed by atoms with Crippen molar-refractivity contribution < 1.29 is 27.5 Å². The number of piperazine rings is 1. The molecule has 0 radical (unpaired) electrons. The number of halogens is 3. The predicted molar refractivity (Wildman–Crippen MR) is 85.0 cm³/mol. The van der Waals surface area contributed by atoms with Gasteiger partial charge >= 0.3 is 18.2 Å². The first-order valence-electron chi connectivity index (χ1n) is 8.55. The Morgan fingerprint density at radius 3 is 1.84 bits per heavy atom. The van der Waals surface area contributed by atoms with E-state index in [0.29, 0.717) is 39.0 Å². The van der Waals surface area contributed by atoms with E-state index in [9.17, 15) is 22.8 Å². The number of carbonyl (C=O) groups excluding carboxylic acids is 2. The van der Waals surface area contributed by atoms with Crippen LogP contribution in [0.3, 0.4) is 0 Å². The van der Waals surface area contributed by atoms with Crippen LogP contribution in [0, 0.1) is 0 Å². The molecule has 25 heavy (non-hydrogen) atoms. The number of piperidine rings is 1. The van der Waals surface area contributed by atoms with Crippen molar-refractivity contribution in [2.24, 2.45) is 0 Å². The maximum absolute atomic E-state index is 12.5. The monoisotopic (exact) mass is 365 g/mol. The summed E-state index contributed by atoms with van der Waals surface area (Å²) < 4.78 is 42.8. The van der Waals surface area contributed by atoms with Gasteiger partial charge in [-0.25, -0.2) is 4.79 Å². The van der Waals surface area contributed by atoms with Gasteiger partial charge in [-0.2, -0.15) is 13.2 Å². The van der Waals surface area contributed by atoms with Gasteiger partial charge in [0.05, 0.1) is 0 Å². The Kier molecular flexibility index (Phi) is 5.86. The molecule has 2 saturated heterocycles. The Balaban J connectivity index is 1.77. The van der Waals surface area contributed by atoms with Gasteiger partial charge in [0.2, 0.25) is 0 Å². The third-order valence-corrected chi connectivity index (χ3v) is 4.48. The summed E-state index contributed by atoms with van der Waals surface area (Å²) in [6.07, 6.45) is -4.09. The largest absolute Gasteiger partial charge is 0.471 e. The standard InChI is InChI=1S/C16H26F3N3O3/c1-15(2,3)25-14(24)22-10-8-20(9-11-22)12-4-6-21(7-5-12)13(23)16(17,18)19/h12H,4-11H2,1-3H3. The summed E-state index contributed by atoms with van der Waals surface area (Å²) in [5.41, 5.74) is -0.536. The molecule has 2 heterocycles. The van der Waals surface area contributed by atoms with Gasteiger partial charge in [-0.1, -0.05) is 0 Å². The van der Waals surface area contributed by atoms with Crippen molar-refractivity contribution in [3.8, 4) is 0 Å². The Morgan fingerprint density at radius 2 is 1.40 bits per heavy atom. The number of rotatable bonds is 1. The van der Waals surface area contributed by atoms with E-state index in [1.807, 2.05) is 20.8 Å². The maximum Gasteiger partial charge on any atom is 0.471 e. The average molecular weight is 365 g/mol. The highest BCUT2D eigenvalue weighted by Gasteiger charge is 2.43. The van der Waals surface area contributed by atoms with Crippen LogP contribution in [0.25, 0.3) is 0 Å². The molecule has 2 aliphatic rings. The van der Waals surface area contributed by atoms with Crippen LogP contribution in [-0.2, 0) is 9.53 Å². The highest BCUT2D eigenvalue weighted by atomic mass is 19.4. The molecule has 0 aromatic carbocycles. The van der Waals surface area contributed by atoms with Crippen LogP contribution >= 0.6 is 0 Å². The quantitative estimate of drug-likeness (QED) is 0.714. The van der Waals surface area contributed by atoms with Crippen LogP contribution < -0.4 is 0 Å². The lowest BCUT2D eigenvalue weighted by Gasteiger charge is -2.42. The number of hydrogen-bond acceptors (Lipinski definition) is 4. The fraction of sp³-hybridized carbons (Fsp3) is 0.875. The molecule has 2 aliphatic heterocycles. The third kappa shape index (κ3) is 5.49. The molecular formula is C16H26F3N3O3. The van der Waals surface area contributed by atoms with Crippen molar-refractivity contribution in [2.45, 2.75) is 51.4 Å². The molecule has 0 N–H and O–H groups in total. The fourth-order valence-electron chi connectivity index (χ4n) is 3.21. The zero-order chi connectivity index (χ0) is 18.8. The van der Waals surface area contributed by atoms with Crippen molar-refractivity contribution in [1.82, 2.24) is 14.7 Å². The molecule has 0 saturated carbocycles. The van der Waals surface area contributed by atoms with Gasteiger partial charge < -0.3 is 14.5 Å². The van der Waals surface area contributed by atoms with Crippen molar-refractivity contribution in [3.05, 3.63) is 0 Å². The number of carbonyl (C=O) groups is 2. The third-order valence-electron chi connectivity index (χ3n) is 4.48. The first kappa shape index (κ1) is 19.8. The molecule has 0 bridgehead atoms. The molecule has 0 unspecified atom stereocenters. The van der Waals surface area contributed by atoms with E-state index in [0.717, 1.165) is 4.90 Å². The van der Waals surface area contributed by atoms with Gasteiger partial charge in [-0.05, 0) is 33.6 Å².